The molecule has 1 heteroatoms. The van der Waals surface area contributed by atoms with E-state index in [-0.39, 0.29) is 0 Å². The minimum absolute atomic E-state index is 1.15. The maximum absolute atomic E-state index is 2.43. The lowest BCUT2D eigenvalue weighted by molar-refractivity contribution is 1.48. The number of rotatable bonds is 3. The van der Waals surface area contributed by atoms with Gasteiger partial charge in [-0.1, -0.05) is 36.4 Å². The molecule has 0 saturated heterocycles. The first kappa shape index (κ1) is 11.4. The first-order chi connectivity index (χ1) is 7.77. The van der Waals surface area contributed by atoms with Crippen LogP contribution in [0.5, 0.6) is 0 Å². The molecule has 0 nitrogen and oxygen atoms in total. The summed E-state index contributed by atoms with van der Waals surface area (Å²) in [5.41, 5.74) is 0. The third-order valence-electron chi connectivity index (χ3n) is 3.28. The van der Waals surface area contributed by atoms with Crippen molar-refractivity contribution in [3.05, 3.63) is 60.7 Å². The van der Waals surface area contributed by atoms with Crippen LogP contribution in [0.4, 0.5) is 0 Å². The van der Waals surface area contributed by atoms with Gasteiger partial charge in [0.25, 0.3) is 0 Å². The Hall–Kier alpha value is -1.13. The fourth-order valence-electron chi connectivity index (χ4n) is 2.03. The van der Waals surface area contributed by atoms with E-state index in [0.29, 0.717) is 0 Å². The third kappa shape index (κ3) is 2.03. The molecule has 2 aromatic rings. The highest BCUT2D eigenvalue weighted by Gasteiger charge is 2.34. The van der Waals surface area contributed by atoms with Crippen LogP contribution in [0.1, 0.15) is 6.92 Å². The number of hydrogen-bond donors (Lipinski definition) is 0. The Bertz CT molecular complexity index is 394. The van der Waals surface area contributed by atoms with Gasteiger partial charge >= 0.3 is 0 Å². The van der Waals surface area contributed by atoms with E-state index in [1.165, 1.54) is 16.8 Å². The van der Waals surface area contributed by atoms with E-state index < -0.39 is 7.26 Å². The molecule has 0 unspecified atom stereocenters. The van der Waals surface area contributed by atoms with Crippen LogP contribution in [0.25, 0.3) is 0 Å². The molecule has 0 aliphatic heterocycles. The van der Waals surface area contributed by atoms with Crippen molar-refractivity contribution in [3.63, 3.8) is 0 Å². The van der Waals surface area contributed by atoms with E-state index in [1.807, 2.05) is 0 Å². The molecule has 82 valence electrons. The average molecular weight is 229 g/mol. The molecule has 0 aliphatic carbocycles. The van der Waals surface area contributed by atoms with E-state index in [2.05, 4.69) is 74.3 Å². The minimum Gasteiger partial charge on any atom is -0.0620 e. The van der Waals surface area contributed by atoms with Crippen LogP contribution in [-0.2, 0) is 0 Å². The summed E-state index contributed by atoms with van der Waals surface area (Å²) in [7, 11) is -1.15. The Kier molecular flexibility index (Phi) is 3.41. The first-order valence-corrected chi connectivity index (χ1v) is 8.16. The first-order valence-electron chi connectivity index (χ1n) is 5.74. The van der Waals surface area contributed by atoms with Crippen LogP contribution in [0, 0.1) is 0 Å². The molecule has 0 radical (unpaired) electrons. The highest BCUT2D eigenvalue weighted by Crippen LogP contribution is 2.51. The number of benzene rings is 2. The van der Waals surface area contributed by atoms with E-state index in [9.17, 15) is 0 Å². The Balaban J connectivity index is 2.49. The van der Waals surface area contributed by atoms with Crippen LogP contribution in [0.2, 0.25) is 0 Å². The standard InChI is InChI=1S/C15H18P/c1-3-16(2,14-10-6-4-7-11-14)15-12-8-5-9-13-15/h4-13H,3H2,1-2H3/q+1. The lowest BCUT2D eigenvalue weighted by atomic mass is 10.4. The van der Waals surface area contributed by atoms with Crippen LogP contribution in [-0.4, -0.2) is 12.8 Å². The summed E-state index contributed by atoms with van der Waals surface area (Å²) in [6.07, 6.45) is 1.22. The van der Waals surface area contributed by atoms with Crippen molar-refractivity contribution in [3.8, 4) is 0 Å². The molecule has 0 bridgehead atoms. The van der Waals surface area contributed by atoms with Crippen molar-refractivity contribution in [2.45, 2.75) is 6.92 Å². The van der Waals surface area contributed by atoms with E-state index in [1.54, 1.807) is 0 Å². The lowest BCUT2D eigenvalue weighted by Gasteiger charge is -2.21. The average Bonchev–Trinajstić information content (AvgIpc) is 2.40. The van der Waals surface area contributed by atoms with Gasteiger partial charge in [0.15, 0.2) is 0 Å². The second-order valence-electron chi connectivity index (χ2n) is 4.18. The van der Waals surface area contributed by atoms with Crippen molar-refractivity contribution < 1.29 is 0 Å². The third-order valence-corrected chi connectivity index (χ3v) is 7.43. The molecular formula is C15H18P+. The molecule has 0 spiro atoms. The molecule has 0 aromatic heterocycles. The van der Waals surface area contributed by atoms with Crippen LogP contribution in [0.15, 0.2) is 60.7 Å². The van der Waals surface area contributed by atoms with E-state index >= 15 is 0 Å². The van der Waals surface area contributed by atoms with Gasteiger partial charge in [-0.3, -0.25) is 0 Å². The molecule has 0 saturated carbocycles. The number of hydrogen-bond acceptors (Lipinski definition) is 0. The molecule has 0 amide bonds. The fraction of sp³-hybridized carbons (Fsp3) is 0.200. The molecule has 0 heterocycles. The zero-order valence-electron chi connectivity index (χ0n) is 9.93. The molecule has 2 rings (SSSR count). The van der Waals surface area contributed by atoms with Gasteiger partial charge in [0, 0.05) is 0 Å². The lowest BCUT2D eigenvalue weighted by Crippen LogP contribution is -2.22. The summed E-state index contributed by atoms with van der Waals surface area (Å²) in [6.45, 7) is 4.73. The summed E-state index contributed by atoms with van der Waals surface area (Å²) in [6, 6.07) is 21.8. The maximum atomic E-state index is 2.43. The highest BCUT2D eigenvalue weighted by atomic mass is 31.2. The minimum atomic E-state index is -1.15. The quantitative estimate of drug-likeness (QED) is 0.708. The van der Waals surface area contributed by atoms with Gasteiger partial charge in [0.1, 0.15) is 0 Å². The van der Waals surface area contributed by atoms with Crippen molar-refractivity contribution in [1.82, 2.24) is 0 Å². The van der Waals surface area contributed by atoms with Crippen LogP contribution < -0.4 is 10.6 Å². The monoisotopic (exact) mass is 229 g/mol. The molecule has 2 aromatic carbocycles. The molecule has 0 aliphatic rings. The van der Waals surface area contributed by atoms with Crippen molar-refractivity contribution >= 4 is 17.9 Å². The molecule has 0 atom stereocenters. The van der Waals surface area contributed by atoms with E-state index in [0.717, 1.165) is 0 Å². The predicted octanol–water partition coefficient (Wildman–Crippen LogP) is 3.30. The SMILES string of the molecule is CC[P+](C)(c1ccccc1)c1ccccc1. The maximum Gasteiger partial charge on any atom is 0.0988 e. The summed E-state index contributed by atoms with van der Waals surface area (Å²) in [5, 5.41) is 3.01. The summed E-state index contributed by atoms with van der Waals surface area (Å²) in [4.78, 5) is 0. The van der Waals surface area contributed by atoms with Crippen molar-refractivity contribution in [2.24, 2.45) is 0 Å². The van der Waals surface area contributed by atoms with Gasteiger partial charge in [-0.2, -0.15) is 0 Å². The van der Waals surface area contributed by atoms with Gasteiger partial charge < -0.3 is 0 Å². The fourth-order valence-corrected chi connectivity index (χ4v) is 4.72. The Morgan fingerprint density at radius 3 is 1.44 bits per heavy atom. The molecular weight excluding hydrogens is 211 g/mol. The van der Waals surface area contributed by atoms with Gasteiger partial charge in [-0.05, 0) is 31.2 Å². The van der Waals surface area contributed by atoms with Gasteiger partial charge in [0.2, 0.25) is 0 Å². The van der Waals surface area contributed by atoms with E-state index in [4.69, 9.17) is 0 Å². The second kappa shape index (κ2) is 4.80. The molecule has 16 heavy (non-hydrogen) atoms. The zero-order chi connectivity index (χ0) is 11.4. The van der Waals surface area contributed by atoms with Crippen LogP contribution >= 0.6 is 7.26 Å². The highest BCUT2D eigenvalue weighted by molar-refractivity contribution is 7.88. The zero-order valence-corrected chi connectivity index (χ0v) is 10.8. The van der Waals surface area contributed by atoms with Crippen molar-refractivity contribution in [2.75, 3.05) is 12.8 Å². The van der Waals surface area contributed by atoms with Gasteiger partial charge in [-0.25, -0.2) is 0 Å². The van der Waals surface area contributed by atoms with Gasteiger partial charge in [0.05, 0.1) is 30.7 Å². The molecule has 0 N–H and O–H groups in total. The second-order valence-corrected chi connectivity index (χ2v) is 8.23. The smallest absolute Gasteiger partial charge is 0.0620 e. The van der Waals surface area contributed by atoms with Crippen molar-refractivity contribution in [1.29, 1.82) is 0 Å². The van der Waals surface area contributed by atoms with Crippen LogP contribution in [0.3, 0.4) is 0 Å². The normalized spacial score (nSPS) is 11.4. The van der Waals surface area contributed by atoms with Gasteiger partial charge in [-0.15, -0.1) is 0 Å². The Labute approximate surface area is 98.7 Å². The summed E-state index contributed by atoms with van der Waals surface area (Å²) < 4.78 is 0. The molecule has 0 fully saturated rings. The summed E-state index contributed by atoms with van der Waals surface area (Å²) >= 11 is 0. The topological polar surface area (TPSA) is 0 Å². The Morgan fingerprint density at radius 1 is 0.750 bits per heavy atom. The predicted molar refractivity (Wildman–Crippen MR) is 75.5 cm³/mol. The Morgan fingerprint density at radius 2 is 1.12 bits per heavy atom. The largest absolute Gasteiger partial charge is 0.0988 e. The summed E-state index contributed by atoms with van der Waals surface area (Å²) in [5.74, 6) is 0.